The molecule has 0 heterocycles. The van der Waals surface area contributed by atoms with Gasteiger partial charge in [0.15, 0.2) is 0 Å². The molecule has 0 saturated carbocycles. The number of nitrogens with zero attached hydrogens (tertiary/aromatic N) is 2. The first-order valence-corrected chi connectivity index (χ1v) is 16.8. The van der Waals surface area contributed by atoms with Crippen molar-refractivity contribution < 1.29 is 8.97 Å². The molecule has 0 unspecified atom stereocenters. The number of rotatable bonds is 17. The van der Waals surface area contributed by atoms with Gasteiger partial charge in [0.05, 0.1) is 55.4 Å². The molecule has 0 aromatic heterocycles. The molecule has 0 spiro atoms. The molecule has 1 aliphatic rings. The monoisotopic (exact) mass is 578 g/mol. The van der Waals surface area contributed by atoms with Crippen molar-refractivity contribution in [3.63, 3.8) is 0 Å². The van der Waals surface area contributed by atoms with E-state index in [9.17, 15) is 0 Å². The van der Waals surface area contributed by atoms with Crippen LogP contribution in [0.4, 0.5) is 0 Å². The summed E-state index contributed by atoms with van der Waals surface area (Å²) < 4.78 is 2.12. The molecule has 0 N–H and O–H groups in total. The number of benzene rings is 3. The number of hydrogen-bond acceptors (Lipinski definition) is 0. The van der Waals surface area contributed by atoms with Crippen LogP contribution in [-0.2, 0) is 5.41 Å². The summed E-state index contributed by atoms with van der Waals surface area (Å²) in [6.07, 6.45) is 19.5. The highest BCUT2D eigenvalue weighted by Crippen LogP contribution is 2.54. The van der Waals surface area contributed by atoms with Gasteiger partial charge >= 0.3 is 0 Å². The van der Waals surface area contributed by atoms with Crippen molar-refractivity contribution in [3.05, 3.63) is 101 Å². The molecule has 0 aliphatic heterocycles. The fourth-order valence-corrected chi connectivity index (χ4v) is 6.91. The van der Waals surface area contributed by atoms with Gasteiger partial charge in [-0.2, -0.15) is 0 Å². The Balaban J connectivity index is 1.63. The van der Waals surface area contributed by atoms with Crippen molar-refractivity contribution in [1.29, 1.82) is 0 Å². The van der Waals surface area contributed by atoms with Crippen LogP contribution in [0.25, 0.3) is 29.4 Å². The predicted molar refractivity (Wildman–Crippen MR) is 190 cm³/mol. The Labute approximate surface area is 263 Å². The van der Waals surface area contributed by atoms with E-state index in [0.717, 1.165) is 8.97 Å². The maximum atomic E-state index is 4.14. The van der Waals surface area contributed by atoms with Gasteiger partial charge in [0.1, 0.15) is 0 Å². The third-order valence-electron chi connectivity index (χ3n) is 9.28. The fraction of sp³-hybridized carbons (Fsp3) is 0.463. The van der Waals surface area contributed by atoms with E-state index in [4.69, 9.17) is 0 Å². The molecule has 0 radical (unpaired) electrons. The molecule has 0 fully saturated rings. The maximum absolute atomic E-state index is 4.14. The van der Waals surface area contributed by atoms with Gasteiger partial charge in [-0.25, -0.2) is 0 Å². The van der Waals surface area contributed by atoms with Crippen LogP contribution >= 0.6 is 0 Å². The standard InChI is InChI=1S/C41H58N2/c1-8-34-24-26-37-38-27-25-36(23-22-35-20-14-13-15-21-35)33-40(38)41(39(37)32-34,28-16-9-11-18-30-42(2,3)4)29-17-10-12-19-31-43(5,6)7/h8,13-15,20-27,32-33H,1,9-12,16-19,28-31H2,2-7H3/q+2/b23-22+. The van der Waals surface area contributed by atoms with Crippen LogP contribution in [0.5, 0.6) is 0 Å². The van der Waals surface area contributed by atoms with Crippen molar-refractivity contribution in [3.8, 4) is 11.1 Å². The van der Waals surface area contributed by atoms with Gasteiger partial charge in [-0.1, -0.05) is 117 Å². The minimum Gasteiger partial charge on any atom is -0.331 e. The Morgan fingerprint density at radius 2 is 1.00 bits per heavy atom. The van der Waals surface area contributed by atoms with Crippen molar-refractivity contribution in [1.82, 2.24) is 0 Å². The first kappa shape index (κ1) is 33.0. The molecular weight excluding hydrogens is 520 g/mol. The Hall–Kier alpha value is -2.94. The van der Waals surface area contributed by atoms with Gasteiger partial charge in [-0.15, -0.1) is 0 Å². The van der Waals surface area contributed by atoms with Crippen LogP contribution in [0.15, 0.2) is 73.3 Å². The zero-order valence-electron chi connectivity index (χ0n) is 28.2. The van der Waals surface area contributed by atoms with Gasteiger partial charge in [0, 0.05) is 5.41 Å². The first-order valence-electron chi connectivity index (χ1n) is 16.8. The van der Waals surface area contributed by atoms with Gasteiger partial charge in [-0.05, 0) is 77.5 Å². The van der Waals surface area contributed by atoms with Crippen LogP contribution in [0.2, 0.25) is 0 Å². The van der Waals surface area contributed by atoms with Gasteiger partial charge in [0.25, 0.3) is 0 Å². The van der Waals surface area contributed by atoms with Crippen molar-refractivity contribution in [2.45, 2.75) is 69.6 Å². The molecule has 43 heavy (non-hydrogen) atoms. The largest absolute Gasteiger partial charge is 0.331 e. The quantitative estimate of drug-likeness (QED) is 0.0849. The lowest BCUT2D eigenvalue weighted by Crippen LogP contribution is -2.35. The van der Waals surface area contributed by atoms with E-state index in [1.807, 2.05) is 6.08 Å². The van der Waals surface area contributed by atoms with E-state index in [0.29, 0.717) is 0 Å². The maximum Gasteiger partial charge on any atom is 0.0780 e. The number of hydrogen-bond donors (Lipinski definition) is 0. The Morgan fingerprint density at radius 1 is 0.535 bits per heavy atom. The van der Waals surface area contributed by atoms with Crippen LogP contribution < -0.4 is 0 Å². The van der Waals surface area contributed by atoms with Crippen molar-refractivity contribution >= 4 is 18.2 Å². The summed E-state index contributed by atoms with van der Waals surface area (Å²) in [6, 6.07) is 25.0. The fourth-order valence-electron chi connectivity index (χ4n) is 6.91. The first-order chi connectivity index (χ1) is 20.5. The Bertz CT molecular complexity index is 1320. The summed E-state index contributed by atoms with van der Waals surface area (Å²) in [5.74, 6) is 0. The molecule has 3 aromatic carbocycles. The molecule has 0 atom stereocenters. The van der Waals surface area contributed by atoms with E-state index < -0.39 is 0 Å². The van der Waals surface area contributed by atoms with Gasteiger partial charge in [0.2, 0.25) is 0 Å². The smallest absolute Gasteiger partial charge is 0.0780 e. The minimum absolute atomic E-state index is 0.0699. The molecule has 2 nitrogen and oxygen atoms in total. The van der Waals surface area contributed by atoms with E-state index >= 15 is 0 Å². The molecule has 0 saturated heterocycles. The van der Waals surface area contributed by atoms with Gasteiger partial charge < -0.3 is 8.97 Å². The highest BCUT2D eigenvalue weighted by molar-refractivity contribution is 5.84. The zero-order chi connectivity index (χ0) is 30.9. The zero-order valence-corrected chi connectivity index (χ0v) is 28.2. The SMILES string of the molecule is C=Cc1ccc2c(c1)C(CCCCCC[N+](C)(C)C)(CCCCCC[N+](C)(C)C)c1cc(/C=C/c3ccccc3)ccc1-2. The van der Waals surface area contributed by atoms with Crippen LogP contribution in [0.3, 0.4) is 0 Å². The summed E-state index contributed by atoms with van der Waals surface area (Å²) >= 11 is 0. The lowest BCUT2D eigenvalue weighted by Gasteiger charge is -2.33. The topological polar surface area (TPSA) is 0 Å². The number of fused-ring (bicyclic) bond motifs is 3. The van der Waals surface area contributed by atoms with Crippen LogP contribution in [0.1, 0.15) is 92.0 Å². The molecular formula is C41H58N2+2. The molecule has 3 aromatic rings. The van der Waals surface area contributed by atoms with E-state index in [1.54, 1.807) is 11.1 Å². The normalized spacial score (nSPS) is 14.2. The predicted octanol–water partition coefficient (Wildman–Crippen LogP) is 10.1. The third-order valence-corrected chi connectivity index (χ3v) is 9.28. The van der Waals surface area contributed by atoms with E-state index in [-0.39, 0.29) is 5.41 Å². The highest BCUT2D eigenvalue weighted by atomic mass is 15.3. The number of unbranched alkanes of at least 4 members (excludes halogenated alkanes) is 6. The van der Waals surface area contributed by atoms with Crippen LogP contribution in [-0.4, -0.2) is 64.3 Å². The summed E-state index contributed by atoms with van der Waals surface area (Å²) in [6.45, 7) is 6.65. The van der Waals surface area contributed by atoms with Crippen molar-refractivity contribution in [2.75, 3.05) is 55.4 Å². The minimum atomic E-state index is 0.0699. The van der Waals surface area contributed by atoms with Gasteiger partial charge in [-0.3, -0.25) is 0 Å². The highest BCUT2D eigenvalue weighted by Gasteiger charge is 2.42. The summed E-state index contributed by atoms with van der Waals surface area (Å²) in [5.41, 5.74) is 9.84. The molecule has 230 valence electrons. The third kappa shape index (κ3) is 9.27. The average Bonchev–Trinajstić information content (AvgIpc) is 3.23. The van der Waals surface area contributed by atoms with E-state index in [2.05, 4.69) is 128 Å². The second-order valence-corrected chi connectivity index (χ2v) is 15.0. The molecule has 4 rings (SSSR count). The summed E-state index contributed by atoms with van der Waals surface area (Å²) in [4.78, 5) is 0. The van der Waals surface area contributed by atoms with E-state index in [1.165, 1.54) is 105 Å². The van der Waals surface area contributed by atoms with Crippen LogP contribution in [0, 0.1) is 0 Å². The lowest BCUT2D eigenvalue weighted by atomic mass is 9.70. The molecule has 0 amide bonds. The van der Waals surface area contributed by atoms with Crippen molar-refractivity contribution in [2.24, 2.45) is 0 Å². The molecule has 2 heteroatoms. The molecule has 1 aliphatic carbocycles. The molecule has 0 bridgehead atoms. The average molecular weight is 579 g/mol. The summed E-state index contributed by atoms with van der Waals surface area (Å²) in [7, 11) is 13.9. The second-order valence-electron chi connectivity index (χ2n) is 15.0. The summed E-state index contributed by atoms with van der Waals surface area (Å²) in [5, 5.41) is 0. The Morgan fingerprint density at radius 3 is 1.51 bits per heavy atom. The lowest BCUT2D eigenvalue weighted by molar-refractivity contribution is -0.870. The second kappa shape index (κ2) is 14.7. The Kier molecular flexibility index (Phi) is 11.3. The number of quaternary nitrogens is 2.